The molecule has 0 aromatic carbocycles. The van der Waals surface area contributed by atoms with Gasteiger partial charge in [-0.1, -0.05) is 52.4 Å². The predicted octanol–water partition coefficient (Wildman–Crippen LogP) is 2.72. The van der Waals surface area contributed by atoms with Gasteiger partial charge in [-0.25, -0.2) is 0 Å². The Balaban J connectivity index is 1.93. The van der Waals surface area contributed by atoms with Crippen molar-refractivity contribution in [3.05, 3.63) is 0 Å². The fraction of sp³-hybridized carbons (Fsp3) is 0.882. The summed E-state index contributed by atoms with van der Waals surface area (Å²) < 4.78 is 0. The quantitative estimate of drug-likeness (QED) is 0.847. The summed E-state index contributed by atoms with van der Waals surface area (Å²) in [6.45, 7) is 5.53. The second kappa shape index (κ2) is 7.81. The molecule has 0 aromatic rings. The third-order valence-electron chi connectivity index (χ3n) is 5.25. The van der Waals surface area contributed by atoms with Crippen LogP contribution >= 0.6 is 0 Å². The molecule has 120 valence electrons. The summed E-state index contributed by atoms with van der Waals surface area (Å²) in [6.07, 6.45) is 9.14. The highest BCUT2D eigenvalue weighted by molar-refractivity contribution is 5.90. The molecule has 1 N–H and O–H groups in total. The van der Waals surface area contributed by atoms with Gasteiger partial charge in [0, 0.05) is 19.5 Å². The van der Waals surface area contributed by atoms with Gasteiger partial charge in [-0.2, -0.15) is 0 Å². The Morgan fingerprint density at radius 1 is 1.24 bits per heavy atom. The van der Waals surface area contributed by atoms with Gasteiger partial charge in [0.25, 0.3) is 0 Å². The summed E-state index contributed by atoms with van der Waals surface area (Å²) in [7, 11) is 0. The van der Waals surface area contributed by atoms with Gasteiger partial charge in [0.2, 0.25) is 11.8 Å². The smallest absolute Gasteiger partial charge is 0.245 e. The number of rotatable bonds is 5. The Bertz CT molecular complexity index is 364. The van der Waals surface area contributed by atoms with E-state index in [0.717, 1.165) is 25.3 Å². The summed E-state index contributed by atoms with van der Waals surface area (Å²) in [5.74, 6) is 1.14. The van der Waals surface area contributed by atoms with E-state index in [1.807, 2.05) is 11.8 Å². The molecular weight excluding hydrogens is 264 g/mol. The zero-order chi connectivity index (χ0) is 15.2. The lowest BCUT2D eigenvalue weighted by Crippen LogP contribution is -2.48. The van der Waals surface area contributed by atoms with E-state index in [1.165, 1.54) is 32.1 Å². The highest BCUT2D eigenvalue weighted by Gasteiger charge is 2.33. The molecule has 4 heteroatoms. The Labute approximate surface area is 128 Å². The summed E-state index contributed by atoms with van der Waals surface area (Å²) in [5, 5.41) is 2.92. The van der Waals surface area contributed by atoms with Crippen LogP contribution < -0.4 is 5.32 Å². The fourth-order valence-corrected chi connectivity index (χ4v) is 3.51. The molecule has 2 fully saturated rings. The van der Waals surface area contributed by atoms with Gasteiger partial charge in [-0.15, -0.1) is 0 Å². The minimum atomic E-state index is -0.323. The third kappa shape index (κ3) is 4.45. The van der Waals surface area contributed by atoms with Crippen LogP contribution in [0.3, 0.4) is 0 Å². The van der Waals surface area contributed by atoms with Crippen LogP contribution in [0.25, 0.3) is 0 Å². The first-order valence-corrected chi connectivity index (χ1v) is 8.70. The average molecular weight is 294 g/mol. The lowest BCUT2D eigenvalue weighted by Gasteiger charge is -2.29. The van der Waals surface area contributed by atoms with Crippen LogP contribution in [0.2, 0.25) is 0 Å². The number of carbonyl (C=O) groups is 2. The highest BCUT2D eigenvalue weighted by Crippen LogP contribution is 2.27. The fourth-order valence-electron chi connectivity index (χ4n) is 3.51. The van der Waals surface area contributed by atoms with E-state index in [0.29, 0.717) is 13.0 Å². The lowest BCUT2D eigenvalue weighted by molar-refractivity contribution is -0.135. The van der Waals surface area contributed by atoms with Crippen molar-refractivity contribution in [3.8, 4) is 0 Å². The topological polar surface area (TPSA) is 49.4 Å². The van der Waals surface area contributed by atoms with Gasteiger partial charge >= 0.3 is 0 Å². The molecule has 2 rings (SSSR count). The first kappa shape index (κ1) is 16.3. The minimum Gasteiger partial charge on any atom is -0.344 e. The molecule has 0 bridgehead atoms. The van der Waals surface area contributed by atoms with Gasteiger partial charge in [0.1, 0.15) is 6.04 Å². The van der Waals surface area contributed by atoms with Crippen molar-refractivity contribution in [1.82, 2.24) is 10.2 Å². The molecule has 1 aliphatic carbocycles. The third-order valence-corrected chi connectivity index (χ3v) is 5.25. The van der Waals surface area contributed by atoms with Crippen LogP contribution in [-0.2, 0) is 9.59 Å². The molecule has 21 heavy (non-hydrogen) atoms. The molecule has 1 saturated carbocycles. The normalized spacial score (nSPS) is 26.4. The Kier molecular flexibility index (Phi) is 6.07. The standard InChI is InChI=1S/C17H30N2O2/c1-3-13(2)16-17(21)19(12-10-15(20)18-16)11-9-14-7-5-4-6-8-14/h13-14,16H,3-12H2,1-2H3,(H,18,20). The van der Waals surface area contributed by atoms with Gasteiger partial charge in [0.15, 0.2) is 0 Å². The molecule has 2 unspecified atom stereocenters. The lowest BCUT2D eigenvalue weighted by atomic mass is 9.87. The van der Waals surface area contributed by atoms with Gasteiger partial charge in [0.05, 0.1) is 0 Å². The zero-order valence-electron chi connectivity index (χ0n) is 13.6. The van der Waals surface area contributed by atoms with E-state index >= 15 is 0 Å². The maximum atomic E-state index is 12.7. The first-order valence-electron chi connectivity index (χ1n) is 8.70. The largest absolute Gasteiger partial charge is 0.344 e. The second-order valence-electron chi connectivity index (χ2n) is 6.80. The van der Waals surface area contributed by atoms with Crippen molar-refractivity contribution in [2.24, 2.45) is 11.8 Å². The number of nitrogens with zero attached hydrogens (tertiary/aromatic N) is 1. The molecule has 2 atom stereocenters. The van der Waals surface area contributed by atoms with Crippen molar-refractivity contribution in [1.29, 1.82) is 0 Å². The van der Waals surface area contributed by atoms with E-state index in [4.69, 9.17) is 0 Å². The minimum absolute atomic E-state index is 0.0221. The van der Waals surface area contributed by atoms with Crippen molar-refractivity contribution in [2.45, 2.75) is 71.3 Å². The highest BCUT2D eigenvalue weighted by atomic mass is 16.2. The number of hydrogen-bond acceptors (Lipinski definition) is 2. The summed E-state index contributed by atoms with van der Waals surface area (Å²) in [4.78, 5) is 26.4. The predicted molar refractivity (Wildman–Crippen MR) is 83.8 cm³/mol. The molecule has 2 aliphatic rings. The van der Waals surface area contributed by atoms with Crippen molar-refractivity contribution in [3.63, 3.8) is 0 Å². The van der Waals surface area contributed by atoms with Crippen molar-refractivity contribution >= 4 is 11.8 Å². The molecule has 0 spiro atoms. The molecule has 1 saturated heterocycles. The SMILES string of the molecule is CCC(C)C1NC(=O)CCN(CCC2CCCCC2)C1=O. The van der Waals surface area contributed by atoms with Crippen LogP contribution in [0.1, 0.15) is 65.2 Å². The number of carbonyl (C=O) groups excluding carboxylic acids is 2. The van der Waals surface area contributed by atoms with E-state index in [9.17, 15) is 9.59 Å². The molecular formula is C17H30N2O2. The van der Waals surface area contributed by atoms with Crippen LogP contribution in [0, 0.1) is 11.8 Å². The molecule has 4 nitrogen and oxygen atoms in total. The Hall–Kier alpha value is -1.06. The summed E-state index contributed by atoms with van der Waals surface area (Å²) >= 11 is 0. The molecule has 2 amide bonds. The number of hydrogen-bond donors (Lipinski definition) is 1. The van der Waals surface area contributed by atoms with E-state index in [1.54, 1.807) is 0 Å². The maximum absolute atomic E-state index is 12.7. The Morgan fingerprint density at radius 2 is 1.95 bits per heavy atom. The second-order valence-corrected chi connectivity index (χ2v) is 6.80. The van der Waals surface area contributed by atoms with Gasteiger partial charge in [-0.3, -0.25) is 9.59 Å². The van der Waals surface area contributed by atoms with Crippen molar-refractivity contribution < 1.29 is 9.59 Å². The van der Waals surface area contributed by atoms with Gasteiger partial charge in [-0.05, 0) is 18.3 Å². The molecule has 1 aliphatic heterocycles. The number of amides is 2. The summed E-state index contributed by atoms with van der Waals surface area (Å²) in [6, 6.07) is -0.323. The van der Waals surface area contributed by atoms with Gasteiger partial charge < -0.3 is 10.2 Å². The van der Waals surface area contributed by atoms with E-state index in [2.05, 4.69) is 12.2 Å². The zero-order valence-corrected chi connectivity index (χ0v) is 13.6. The molecule has 0 radical (unpaired) electrons. The first-order chi connectivity index (χ1) is 10.1. The monoisotopic (exact) mass is 294 g/mol. The van der Waals surface area contributed by atoms with Crippen LogP contribution in [0.15, 0.2) is 0 Å². The Morgan fingerprint density at radius 3 is 2.62 bits per heavy atom. The average Bonchev–Trinajstić information content (AvgIpc) is 2.65. The summed E-state index contributed by atoms with van der Waals surface area (Å²) in [5.41, 5.74) is 0. The number of nitrogens with one attached hydrogen (secondary N) is 1. The van der Waals surface area contributed by atoms with Crippen LogP contribution in [-0.4, -0.2) is 35.8 Å². The van der Waals surface area contributed by atoms with E-state index in [-0.39, 0.29) is 23.8 Å². The van der Waals surface area contributed by atoms with Crippen LogP contribution in [0.5, 0.6) is 0 Å². The molecule has 0 aromatic heterocycles. The van der Waals surface area contributed by atoms with Crippen molar-refractivity contribution in [2.75, 3.05) is 13.1 Å². The maximum Gasteiger partial charge on any atom is 0.245 e. The van der Waals surface area contributed by atoms with Crippen LogP contribution in [0.4, 0.5) is 0 Å². The molecule has 1 heterocycles. The van der Waals surface area contributed by atoms with E-state index < -0.39 is 0 Å².